The first-order valence-electron chi connectivity index (χ1n) is 13.7. The molecule has 3 aromatic carbocycles. The first-order valence-corrected chi connectivity index (χ1v) is 15.1. The Hall–Kier alpha value is -3.72. The molecule has 3 aromatic rings. The van der Waals surface area contributed by atoms with E-state index in [-0.39, 0.29) is 16.5 Å². The zero-order valence-electron chi connectivity index (χ0n) is 24.3. The summed E-state index contributed by atoms with van der Waals surface area (Å²) in [7, 11) is -0.730. The van der Waals surface area contributed by atoms with E-state index in [9.17, 15) is 26.0 Å². The van der Waals surface area contributed by atoms with E-state index in [0.29, 0.717) is 37.5 Å². The number of hydrogen-bond acceptors (Lipinski definition) is 7. The van der Waals surface area contributed by atoms with Crippen LogP contribution >= 0.6 is 0 Å². The van der Waals surface area contributed by atoms with Crippen LogP contribution in [-0.2, 0) is 27.9 Å². The summed E-state index contributed by atoms with van der Waals surface area (Å²) in [5, 5.41) is 10.5. The predicted molar refractivity (Wildman–Crippen MR) is 156 cm³/mol. The summed E-state index contributed by atoms with van der Waals surface area (Å²) in [6, 6.07) is 17.3. The number of alkyl halides is 3. The number of nitrogens with zero attached hydrogens (tertiary/aromatic N) is 1. The smallest absolute Gasteiger partial charge is 0.490 e. The number of methoxy groups -OCH3 is 2. The van der Waals surface area contributed by atoms with Crippen molar-refractivity contribution < 1.29 is 45.4 Å². The maximum absolute atomic E-state index is 13.2. The quantitative estimate of drug-likeness (QED) is 0.242. The van der Waals surface area contributed by atoms with Gasteiger partial charge in [0, 0.05) is 31.7 Å². The highest BCUT2D eigenvalue weighted by molar-refractivity contribution is 7.89. The Balaban J connectivity index is 0.000000676. The van der Waals surface area contributed by atoms with Gasteiger partial charge in [0.2, 0.25) is 10.0 Å². The van der Waals surface area contributed by atoms with Crippen molar-refractivity contribution >= 4 is 16.0 Å². The predicted octanol–water partition coefficient (Wildman–Crippen LogP) is 4.81. The van der Waals surface area contributed by atoms with Crippen molar-refractivity contribution in [3.8, 4) is 22.6 Å². The molecule has 3 N–H and O–H groups in total. The van der Waals surface area contributed by atoms with Gasteiger partial charge in [-0.05, 0) is 79.0 Å². The van der Waals surface area contributed by atoms with E-state index in [0.717, 1.165) is 42.6 Å². The molecule has 1 aliphatic heterocycles. The number of carbonyl (C=O) groups is 1. The molecule has 1 saturated heterocycles. The van der Waals surface area contributed by atoms with Crippen LogP contribution in [0.15, 0.2) is 65.6 Å². The Bertz CT molecular complexity index is 1500. The molecule has 240 valence electrons. The lowest BCUT2D eigenvalue weighted by Gasteiger charge is -2.17. The van der Waals surface area contributed by atoms with Crippen LogP contribution in [0, 0.1) is 5.82 Å². The Kier molecular flexibility index (Phi) is 12.5. The number of rotatable bonds is 12. The van der Waals surface area contributed by atoms with Crippen LogP contribution in [0.4, 0.5) is 17.6 Å². The maximum atomic E-state index is 13.2. The molecule has 4 rings (SSSR count). The summed E-state index contributed by atoms with van der Waals surface area (Å²) in [5.41, 5.74) is 3.47. The third-order valence-corrected chi connectivity index (χ3v) is 8.24. The van der Waals surface area contributed by atoms with Crippen LogP contribution in [0.3, 0.4) is 0 Å². The normalized spacial score (nSPS) is 13.7. The first kappa shape index (κ1) is 34.8. The van der Waals surface area contributed by atoms with Crippen LogP contribution in [0.5, 0.6) is 11.5 Å². The van der Waals surface area contributed by atoms with Gasteiger partial charge in [-0.15, -0.1) is 0 Å². The molecule has 0 saturated carbocycles. The van der Waals surface area contributed by atoms with E-state index in [4.69, 9.17) is 19.4 Å². The van der Waals surface area contributed by atoms with Crippen LogP contribution in [0.25, 0.3) is 11.1 Å². The number of benzene rings is 3. The molecule has 0 amide bonds. The average Bonchev–Trinajstić information content (AvgIpc) is 3.51. The van der Waals surface area contributed by atoms with Gasteiger partial charge < -0.3 is 24.8 Å². The fraction of sp³-hybridized carbons (Fsp3) is 0.367. The number of halogens is 4. The minimum absolute atomic E-state index is 0.0933. The Morgan fingerprint density at radius 1 is 0.909 bits per heavy atom. The molecule has 1 fully saturated rings. The van der Waals surface area contributed by atoms with Crippen molar-refractivity contribution in [2.24, 2.45) is 0 Å². The second-order valence-electron chi connectivity index (χ2n) is 9.88. The molecular formula is C30H35F4N3O6S. The summed E-state index contributed by atoms with van der Waals surface area (Å²) in [6.07, 6.45) is -2.77. The largest absolute Gasteiger partial charge is 0.496 e. The number of aliphatic carboxylic acids is 1. The third-order valence-electron chi connectivity index (χ3n) is 6.76. The second kappa shape index (κ2) is 15.8. The fourth-order valence-corrected chi connectivity index (χ4v) is 5.73. The molecule has 1 aliphatic rings. The maximum Gasteiger partial charge on any atom is 0.490 e. The fourth-order valence-electron chi connectivity index (χ4n) is 4.52. The van der Waals surface area contributed by atoms with Crippen LogP contribution in [0.2, 0.25) is 0 Å². The van der Waals surface area contributed by atoms with Gasteiger partial charge in [0.25, 0.3) is 0 Å². The van der Waals surface area contributed by atoms with Crippen molar-refractivity contribution in [2.45, 2.75) is 37.0 Å². The lowest BCUT2D eigenvalue weighted by Crippen LogP contribution is -2.33. The zero-order valence-corrected chi connectivity index (χ0v) is 25.1. The minimum Gasteiger partial charge on any atom is -0.496 e. The van der Waals surface area contributed by atoms with Gasteiger partial charge in [-0.2, -0.15) is 13.2 Å². The first-order chi connectivity index (χ1) is 20.8. The molecule has 9 nitrogen and oxygen atoms in total. The lowest BCUT2D eigenvalue weighted by molar-refractivity contribution is -0.192. The highest BCUT2D eigenvalue weighted by Gasteiger charge is 2.38. The van der Waals surface area contributed by atoms with Crippen LogP contribution in [-0.4, -0.2) is 71.0 Å². The number of hydrogen-bond donors (Lipinski definition) is 3. The molecule has 0 aromatic heterocycles. The summed E-state index contributed by atoms with van der Waals surface area (Å²) in [5.74, 6) is -2.09. The van der Waals surface area contributed by atoms with E-state index >= 15 is 0 Å². The van der Waals surface area contributed by atoms with Crippen LogP contribution < -0.4 is 19.5 Å². The number of carboxylic acids is 1. The molecule has 0 spiro atoms. The van der Waals surface area contributed by atoms with Gasteiger partial charge in [-0.1, -0.05) is 24.3 Å². The standard InChI is InChI=1S/C28H34FN3O4S.C2HF3O2/c1-35-26-11-7-22(20-30-19-21-5-9-24(29)10-6-21)17-25(26)23-8-12-27(36-2)28(18-23)37(33,34)31-13-16-32-14-3-4-15-32;3-2(4,5)1(6)7/h5-12,17-18,30-31H,3-4,13-16,19-20H2,1-2H3;(H,6,7). The van der Waals surface area contributed by atoms with Gasteiger partial charge in [0.1, 0.15) is 22.2 Å². The van der Waals surface area contributed by atoms with Crippen molar-refractivity contribution in [1.29, 1.82) is 0 Å². The molecule has 44 heavy (non-hydrogen) atoms. The molecule has 0 unspecified atom stereocenters. The molecule has 0 bridgehead atoms. The van der Waals surface area contributed by atoms with Gasteiger partial charge in [-0.3, -0.25) is 0 Å². The molecule has 1 heterocycles. The number of likely N-dealkylation sites (tertiary alicyclic amines) is 1. The van der Waals surface area contributed by atoms with E-state index in [2.05, 4.69) is 14.9 Å². The van der Waals surface area contributed by atoms with Gasteiger partial charge >= 0.3 is 12.1 Å². The average molecular weight is 642 g/mol. The van der Waals surface area contributed by atoms with E-state index in [1.807, 2.05) is 24.3 Å². The molecule has 14 heteroatoms. The van der Waals surface area contributed by atoms with Crippen molar-refractivity contribution in [1.82, 2.24) is 14.9 Å². The summed E-state index contributed by atoms with van der Waals surface area (Å²) < 4.78 is 85.0. The van der Waals surface area contributed by atoms with Crippen molar-refractivity contribution in [3.05, 3.63) is 77.6 Å². The van der Waals surface area contributed by atoms with Gasteiger partial charge in [0.05, 0.1) is 14.2 Å². The third kappa shape index (κ3) is 10.2. The summed E-state index contributed by atoms with van der Waals surface area (Å²) in [4.78, 5) is 11.2. The SMILES string of the molecule is COc1ccc(CNCc2ccc(F)cc2)cc1-c1ccc(OC)c(S(=O)(=O)NCCN2CCCC2)c1.O=C(O)C(F)(F)F. The highest BCUT2D eigenvalue weighted by atomic mass is 32.2. The summed E-state index contributed by atoms with van der Waals surface area (Å²) in [6.45, 7) is 4.21. The van der Waals surface area contributed by atoms with Gasteiger partial charge in [0.15, 0.2) is 0 Å². The topological polar surface area (TPSA) is 117 Å². The molecule has 0 aliphatic carbocycles. The molecular weight excluding hydrogens is 606 g/mol. The lowest BCUT2D eigenvalue weighted by atomic mass is 10.0. The second-order valence-corrected chi connectivity index (χ2v) is 11.6. The Labute approximate surface area is 253 Å². The van der Waals surface area contributed by atoms with E-state index in [1.165, 1.54) is 19.2 Å². The monoisotopic (exact) mass is 641 g/mol. The number of sulfonamides is 1. The number of ether oxygens (including phenoxy) is 2. The zero-order chi connectivity index (χ0) is 32.3. The number of nitrogens with one attached hydrogen (secondary N) is 2. The minimum atomic E-state index is -5.08. The van der Waals surface area contributed by atoms with Crippen LogP contribution in [0.1, 0.15) is 24.0 Å². The molecule has 0 radical (unpaired) electrons. The Morgan fingerprint density at radius 3 is 2.07 bits per heavy atom. The summed E-state index contributed by atoms with van der Waals surface area (Å²) >= 11 is 0. The van der Waals surface area contributed by atoms with E-state index in [1.54, 1.807) is 31.4 Å². The van der Waals surface area contributed by atoms with E-state index < -0.39 is 22.2 Å². The van der Waals surface area contributed by atoms with Crippen molar-refractivity contribution in [3.63, 3.8) is 0 Å². The highest BCUT2D eigenvalue weighted by Crippen LogP contribution is 2.35. The van der Waals surface area contributed by atoms with Gasteiger partial charge in [-0.25, -0.2) is 22.3 Å². The van der Waals surface area contributed by atoms with Crippen molar-refractivity contribution in [2.75, 3.05) is 40.4 Å². The molecule has 0 atom stereocenters. The Morgan fingerprint density at radius 2 is 1.48 bits per heavy atom. The number of carboxylic acid groups (broad SMARTS) is 1.